The van der Waals surface area contributed by atoms with Crippen molar-refractivity contribution >= 4 is 21.4 Å². The predicted octanol–water partition coefficient (Wildman–Crippen LogP) is 2.42. The van der Waals surface area contributed by atoms with Gasteiger partial charge in [-0.25, -0.2) is 17.5 Å². The summed E-state index contributed by atoms with van der Waals surface area (Å²) in [5.74, 6) is -0.366. The van der Waals surface area contributed by atoms with Crippen molar-refractivity contribution < 1.29 is 17.9 Å². The van der Waals surface area contributed by atoms with Gasteiger partial charge in [0.15, 0.2) is 0 Å². The molecule has 0 amide bonds. The molecule has 0 aliphatic carbocycles. The highest BCUT2D eigenvalue weighted by Crippen LogP contribution is 2.23. The summed E-state index contributed by atoms with van der Waals surface area (Å²) in [6.45, 7) is 1.50. The van der Waals surface area contributed by atoms with Crippen LogP contribution in [0.3, 0.4) is 0 Å². The first kappa shape index (κ1) is 15.1. The molecule has 1 heterocycles. The van der Waals surface area contributed by atoms with Gasteiger partial charge in [0.1, 0.15) is 10.0 Å². The first-order valence-corrected chi connectivity index (χ1v) is 8.20. The number of halogens is 1. The van der Waals surface area contributed by atoms with Gasteiger partial charge in [0.25, 0.3) is 10.0 Å². The van der Waals surface area contributed by atoms with E-state index >= 15 is 0 Å². The van der Waals surface area contributed by atoms with Gasteiger partial charge in [0.2, 0.25) is 0 Å². The lowest BCUT2D eigenvalue weighted by Crippen LogP contribution is -2.26. The zero-order valence-electron chi connectivity index (χ0n) is 10.7. The largest absolute Gasteiger partial charge is 0.391 e. The van der Waals surface area contributed by atoms with E-state index < -0.39 is 16.1 Å². The van der Waals surface area contributed by atoms with Crippen LogP contribution < -0.4 is 4.72 Å². The van der Waals surface area contributed by atoms with E-state index in [1.165, 1.54) is 30.3 Å². The van der Waals surface area contributed by atoms with Crippen molar-refractivity contribution in [3.8, 4) is 0 Å². The number of aliphatic hydroxyl groups excluding tert-OH is 1. The second-order valence-corrected chi connectivity index (χ2v) is 7.38. The van der Waals surface area contributed by atoms with Gasteiger partial charge in [0, 0.05) is 10.9 Å². The smallest absolute Gasteiger partial charge is 0.250 e. The number of aliphatic hydroxyl groups is 1. The van der Waals surface area contributed by atoms with E-state index in [9.17, 15) is 12.8 Å². The Morgan fingerprint density at radius 3 is 2.45 bits per heavy atom. The molecule has 1 aromatic carbocycles. The number of sulfonamides is 1. The van der Waals surface area contributed by atoms with Crippen LogP contribution in [0.2, 0.25) is 0 Å². The molecule has 0 aliphatic heterocycles. The maximum atomic E-state index is 12.8. The normalized spacial score (nSPS) is 13.3. The summed E-state index contributed by atoms with van der Waals surface area (Å²) in [6, 6.07) is 8.20. The van der Waals surface area contributed by atoms with Crippen molar-refractivity contribution in [1.82, 2.24) is 4.72 Å². The summed E-state index contributed by atoms with van der Waals surface area (Å²) in [7, 11) is -3.64. The van der Waals surface area contributed by atoms with Gasteiger partial charge >= 0.3 is 0 Å². The monoisotopic (exact) mass is 315 g/mol. The molecular weight excluding hydrogens is 301 g/mol. The molecule has 0 saturated carbocycles. The quantitative estimate of drug-likeness (QED) is 0.890. The van der Waals surface area contributed by atoms with E-state index in [0.29, 0.717) is 10.4 Å². The van der Waals surface area contributed by atoms with Crippen molar-refractivity contribution in [3.05, 3.63) is 52.7 Å². The molecule has 1 atom stereocenters. The average Bonchev–Trinajstić information content (AvgIpc) is 2.88. The standard InChI is InChI=1S/C13H14FNO3S2/c1-9(10-2-4-11(14)5-3-10)15-20(17,18)13-7-6-12(8-16)19-13/h2-7,9,15-16H,8H2,1H3. The van der Waals surface area contributed by atoms with Crippen LogP contribution >= 0.6 is 11.3 Å². The maximum absolute atomic E-state index is 12.8. The zero-order chi connectivity index (χ0) is 14.8. The van der Waals surface area contributed by atoms with Crippen molar-refractivity contribution in [2.24, 2.45) is 0 Å². The molecule has 2 rings (SSSR count). The van der Waals surface area contributed by atoms with Gasteiger partial charge in [-0.15, -0.1) is 11.3 Å². The summed E-state index contributed by atoms with van der Waals surface area (Å²) in [6.07, 6.45) is 0. The summed E-state index contributed by atoms with van der Waals surface area (Å²) in [4.78, 5) is 0.583. The minimum atomic E-state index is -3.64. The number of rotatable bonds is 5. The molecule has 108 valence electrons. The second-order valence-electron chi connectivity index (χ2n) is 4.27. The maximum Gasteiger partial charge on any atom is 0.250 e. The Hall–Kier alpha value is -1.28. The molecule has 2 aromatic rings. The first-order valence-electron chi connectivity index (χ1n) is 5.90. The van der Waals surface area contributed by atoms with Crippen LogP contribution in [0.15, 0.2) is 40.6 Å². The Morgan fingerprint density at radius 2 is 1.90 bits per heavy atom. The molecule has 1 unspecified atom stereocenters. The third kappa shape index (κ3) is 3.43. The van der Waals surface area contributed by atoms with E-state index in [1.54, 1.807) is 13.0 Å². The molecule has 0 spiro atoms. The lowest BCUT2D eigenvalue weighted by atomic mass is 10.1. The van der Waals surface area contributed by atoms with Gasteiger partial charge in [-0.05, 0) is 36.8 Å². The highest BCUT2D eigenvalue weighted by Gasteiger charge is 2.20. The Bertz CT molecular complexity index is 680. The number of nitrogens with one attached hydrogen (secondary N) is 1. The Morgan fingerprint density at radius 1 is 1.25 bits per heavy atom. The van der Waals surface area contributed by atoms with Crippen LogP contribution in [0.4, 0.5) is 4.39 Å². The molecule has 0 saturated heterocycles. The van der Waals surface area contributed by atoms with Crippen LogP contribution in [-0.4, -0.2) is 13.5 Å². The van der Waals surface area contributed by atoms with Crippen molar-refractivity contribution in [2.75, 3.05) is 0 Å². The lowest BCUT2D eigenvalue weighted by molar-refractivity contribution is 0.285. The molecule has 0 aliphatic rings. The van der Waals surface area contributed by atoms with Gasteiger partial charge in [-0.2, -0.15) is 0 Å². The number of hydrogen-bond acceptors (Lipinski definition) is 4. The summed E-state index contributed by atoms with van der Waals surface area (Å²) < 4.78 is 39.8. The Labute approximate surface area is 120 Å². The van der Waals surface area contributed by atoms with Crippen molar-refractivity contribution in [2.45, 2.75) is 23.8 Å². The van der Waals surface area contributed by atoms with Crippen molar-refractivity contribution in [1.29, 1.82) is 0 Å². The average molecular weight is 315 g/mol. The molecule has 0 radical (unpaired) electrons. The van der Waals surface area contributed by atoms with Crippen LogP contribution in [0.25, 0.3) is 0 Å². The molecule has 0 bridgehead atoms. The van der Waals surface area contributed by atoms with E-state index in [4.69, 9.17) is 5.11 Å². The van der Waals surface area contributed by atoms with Crippen LogP contribution in [0.1, 0.15) is 23.4 Å². The third-order valence-corrected chi connectivity index (χ3v) is 5.86. The van der Waals surface area contributed by atoms with Crippen molar-refractivity contribution in [3.63, 3.8) is 0 Å². The Kier molecular flexibility index (Phi) is 4.54. The minimum Gasteiger partial charge on any atom is -0.391 e. The fourth-order valence-electron chi connectivity index (χ4n) is 1.70. The molecule has 20 heavy (non-hydrogen) atoms. The van der Waals surface area contributed by atoms with Crippen LogP contribution in [0, 0.1) is 5.82 Å². The summed E-state index contributed by atoms with van der Waals surface area (Å²) in [5, 5.41) is 8.96. The molecule has 7 heteroatoms. The fourth-order valence-corrected chi connectivity index (χ4v) is 4.16. The van der Waals surface area contributed by atoms with Gasteiger partial charge in [0.05, 0.1) is 6.61 Å². The van der Waals surface area contributed by atoms with Crippen LogP contribution in [0.5, 0.6) is 0 Å². The van der Waals surface area contributed by atoms with Gasteiger partial charge < -0.3 is 5.11 Å². The highest BCUT2D eigenvalue weighted by atomic mass is 32.2. The highest BCUT2D eigenvalue weighted by molar-refractivity contribution is 7.91. The second kappa shape index (κ2) is 6.01. The van der Waals surface area contributed by atoms with E-state index in [-0.39, 0.29) is 16.6 Å². The van der Waals surface area contributed by atoms with Crippen LogP contribution in [-0.2, 0) is 16.6 Å². The SMILES string of the molecule is CC(NS(=O)(=O)c1ccc(CO)s1)c1ccc(F)cc1. The number of benzene rings is 1. The number of thiophene rings is 1. The lowest BCUT2D eigenvalue weighted by Gasteiger charge is -2.13. The third-order valence-electron chi connectivity index (χ3n) is 2.76. The van der Waals surface area contributed by atoms with Gasteiger partial charge in [-0.3, -0.25) is 0 Å². The van der Waals surface area contributed by atoms with Gasteiger partial charge in [-0.1, -0.05) is 12.1 Å². The Balaban J connectivity index is 2.17. The molecule has 1 aromatic heterocycles. The molecule has 0 fully saturated rings. The predicted molar refractivity (Wildman–Crippen MR) is 75.4 cm³/mol. The summed E-state index contributed by atoms with van der Waals surface area (Å²) >= 11 is 1.02. The van der Waals surface area contributed by atoms with E-state index in [2.05, 4.69) is 4.72 Å². The van der Waals surface area contributed by atoms with E-state index in [1.807, 2.05) is 0 Å². The summed E-state index contributed by atoms with van der Waals surface area (Å²) in [5.41, 5.74) is 0.675. The number of hydrogen-bond donors (Lipinski definition) is 2. The molecule has 4 nitrogen and oxygen atoms in total. The fraction of sp³-hybridized carbons (Fsp3) is 0.231. The first-order chi connectivity index (χ1) is 9.42. The zero-order valence-corrected chi connectivity index (χ0v) is 12.3. The molecule has 2 N–H and O–H groups in total. The van der Waals surface area contributed by atoms with E-state index in [0.717, 1.165) is 11.3 Å². The topological polar surface area (TPSA) is 66.4 Å². The minimum absolute atomic E-state index is 0.149. The molecular formula is C13H14FNO3S2.